The molecule has 1 heterocycles. The normalized spacial score (nSPS) is 14.1. The van der Waals surface area contributed by atoms with Crippen LogP contribution >= 0.6 is 0 Å². The molecule has 0 aromatic heterocycles. The zero-order chi connectivity index (χ0) is 13.1. The Kier molecular flexibility index (Phi) is 3.36. The Labute approximate surface area is 104 Å². The van der Waals surface area contributed by atoms with E-state index in [0.29, 0.717) is 11.5 Å². The van der Waals surface area contributed by atoms with Gasteiger partial charge in [0.25, 0.3) is 0 Å². The molecule has 2 rings (SSSR count). The number of fused-ring (bicyclic) bond motifs is 1. The van der Waals surface area contributed by atoms with Crippen LogP contribution in [0.5, 0.6) is 11.5 Å². The number of hydrogen-bond acceptors (Lipinski definition) is 4. The van der Waals surface area contributed by atoms with Crippen molar-refractivity contribution in [1.29, 1.82) is 0 Å². The van der Waals surface area contributed by atoms with Gasteiger partial charge in [-0.05, 0) is 17.7 Å². The second-order valence-electron chi connectivity index (χ2n) is 3.98. The Morgan fingerprint density at radius 1 is 1.39 bits per heavy atom. The van der Waals surface area contributed by atoms with Crippen molar-refractivity contribution in [1.82, 2.24) is 5.32 Å². The Hall–Kier alpha value is -2.24. The molecule has 1 aromatic rings. The van der Waals surface area contributed by atoms with Crippen molar-refractivity contribution in [2.24, 2.45) is 0 Å². The van der Waals surface area contributed by atoms with Crippen LogP contribution in [-0.4, -0.2) is 29.8 Å². The third-order valence-corrected chi connectivity index (χ3v) is 2.55. The number of nitrogens with one attached hydrogen (secondary N) is 1. The molecular formula is C12H13NO5. The maximum absolute atomic E-state index is 11.0. The molecule has 0 aliphatic carbocycles. The van der Waals surface area contributed by atoms with Gasteiger partial charge in [0.15, 0.2) is 11.5 Å². The van der Waals surface area contributed by atoms with Crippen LogP contribution in [-0.2, 0) is 16.0 Å². The molecule has 18 heavy (non-hydrogen) atoms. The quantitative estimate of drug-likeness (QED) is 0.816. The lowest BCUT2D eigenvalue weighted by atomic mass is 10.1. The summed E-state index contributed by atoms with van der Waals surface area (Å²) in [7, 11) is 0. The number of carbonyl (C=O) groups excluding carboxylic acids is 1. The predicted molar refractivity (Wildman–Crippen MR) is 61.5 cm³/mol. The molecule has 2 N–H and O–H groups in total. The fourth-order valence-electron chi connectivity index (χ4n) is 1.75. The van der Waals surface area contributed by atoms with Gasteiger partial charge < -0.3 is 19.9 Å². The molecule has 0 saturated heterocycles. The van der Waals surface area contributed by atoms with Crippen molar-refractivity contribution in [3.05, 3.63) is 23.8 Å². The number of benzene rings is 1. The number of rotatable bonds is 4. The molecule has 0 spiro atoms. The van der Waals surface area contributed by atoms with Crippen LogP contribution in [0.15, 0.2) is 18.2 Å². The number of aliphatic carboxylic acids is 1. The first-order chi connectivity index (χ1) is 8.56. The molecule has 0 radical (unpaired) electrons. The van der Waals surface area contributed by atoms with E-state index in [-0.39, 0.29) is 19.1 Å². The van der Waals surface area contributed by atoms with Crippen molar-refractivity contribution in [3.8, 4) is 11.5 Å². The van der Waals surface area contributed by atoms with Gasteiger partial charge in [-0.15, -0.1) is 0 Å². The number of carboxylic acid groups (broad SMARTS) is 1. The summed E-state index contributed by atoms with van der Waals surface area (Å²) < 4.78 is 10.4. The standard InChI is InChI=1S/C12H13NO5/c1-7(14)13-9(12(15)16)4-8-2-3-10-11(5-8)18-6-17-10/h2-3,5,9H,4,6H2,1H3,(H,13,14)(H,15,16)/t9-/m0/s1. The van der Waals surface area contributed by atoms with E-state index < -0.39 is 12.0 Å². The number of amides is 1. The lowest BCUT2D eigenvalue weighted by molar-refractivity contribution is -0.141. The Balaban J connectivity index is 2.11. The molecule has 1 aliphatic rings. The first-order valence-electron chi connectivity index (χ1n) is 5.44. The molecular weight excluding hydrogens is 238 g/mol. The molecule has 0 bridgehead atoms. The summed E-state index contributed by atoms with van der Waals surface area (Å²) in [6, 6.07) is 4.26. The highest BCUT2D eigenvalue weighted by Crippen LogP contribution is 2.32. The largest absolute Gasteiger partial charge is 0.480 e. The Morgan fingerprint density at radius 3 is 2.78 bits per heavy atom. The number of ether oxygens (including phenoxy) is 2. The number of carbonyl (C=O) groups is 2. The highest BCUT2D eigenvalue weighted by Gasteiger charge is 2.20. The Morgan fingerprint density at radius 2 is 2.11 bits per heavy atom. The summed E-state index contributed by atoms with van der Waals surface area (Å²) in [6.45, 7) is 1.46. The van der Waals surface area contributed by atoms with Crippen LogP contribution in [0.1, 0.15) is 12.5 Å². The van der Waals surface area contributed by atoms with E-state index in [1.54, 1.807) is 18.2 Å². The molecule has 96 valence electrons. The minimum atomic E-state index is -1.07. The van der Waals surface area contributed by atoms with E-state index in [0.717, 1.165) is 5.56 Å². The average molecular weight is 251 g/mol. The molecule has 6 nitrogen and oxygen atoms in total. The third-order valence-electron chi connectivity index (χ3n) is 2.55. The summed E-state index contributed by atoms with van der Waals surface area (Å²) in [6.07, 6.45) is 0.200. The third kappa shape index (κ3) is 2.71. The summed E-state index contributed by atoms with van der Waals surface area (Å²) in [5.74, 6) is -0.198. The smallest absolute Gasteiger partial charge is 0.326 e. The predicted octanol–water partition coefficient (Wildman–Crippen LogP) is 0.547. The van der Waals surface area contributed by atoms with Gasteiger partial charge in [0.05, 0.1) is 0 Å². The van der Waals surface area contributed by atoms with E-state index in [4.69, 9.17) is 14.6 Å². The SMILES string of the molecule is CC(=O)N[C@@H](Cc1ccc2c(c1)OCO2)C(=O)O. The minimum absolute atomic E-state index is 0.173. The molecule has 1 atom stereocenters. The van der Waals surface area contributed by atoms with Crippen LogP contribution < -0.4 is 14.8 Å². The highest BCUT2D eigenvalue weighted by molar-refractivity contribution is 5.82. The van der Waals surface area contributed by atoms with Crippen LogP contribution in [0, 0.1) is 0 Å². The van der Waals surface area contributed by atoms with Crippen molar-refractivity contribution in [2.45, 2.75) is 19.4 Å². The summed E-state index contributed by atoms with van der Waals surface area (Å²) >= 11 is 0. The van der Waals surface area contributed by atoms with E-state index in [1.807, 2.05) is 0 Å². The van der Waals surface area contributed by atoms with Crippen LogP contribution in [0.3, 0.4) is 0 Å². The van der Waals surface area contributed by atoms with Crippen molar-refractivity contribution in [2.75, 3.05) is 6.79 Å². The lowest BCUT2D eigenvalue weighted by Gasteiger charge is -2.13. The molecule has 0 fully saturated rings. The summed E-state index contributed by atoms with van der Waals surface area (Å²) in [5, 5.41) is 11.4. The van der Waals surface area contributed by atoms with Gasteiger partial charge in [-0.3, -0.25) is 4.79 Å². The number of hydrogen-bond donors (Lipinski definition) is 2. The highest BCUT2D eigenvalue weighted by atomic mass is 16.7. The molecule has 0 unspecified atom stereocenters. The van der Waals surface area contributed by atoms with E-state index in [1.165, 1.54) is 6.92 Å². The molecule has 1 aromatic carbocycles. The molecule has 0 saturated carbocycles. The monoisotopic (exact) mass is 251 g/mol. The van der Waals surface area contributed by atoms with Gasteiger partial charge in [-0.2, -0.15) is 0 Å². The van der Waals surface area contributed by atoms with E-state index >= 15 is 0 Å². The second kappa shape index (κ2) is 4.95. The lowest BCUT2D eigenvalue weighted by Crippen LogP contribution is -2.41. The fraction of sp³-hybridized carbons (Fsp3) is 0.333. The van der Waals surface area contributed by atoms with Gasteiger partial charge in [-0.1, -0.05) is 6.07 Å². The molecule has 1 amide bonds. The number of carboxylic acids is 1. The van der Waals surface area contributed by atoms with Crippen LogP contribution in [0.2, 0.25) is 0 Å². The summed E-state index contributed by atoms with van der Waals surface area (Å²) in [5.41, 5.74) is 0.764. The van der Waals surface area contributed by atoms with Crippen molar-refractivity contribution >= 4 is 11.9 Å². The van der Waals surface area contributed by atoms with E-state index in [2.05, 4.69) is 5.32 Å². The fourth-order valence-corrected chi connectivity index (χ4v) is 1.75. The first kappa shape index (κ1) is 12.2. The first-order valence-corrected chi connectivity index (χ1v) is 5.44. The maximum Gasteiger partial charge on any atom is 0.326 e. The van der Waals surface area contributed by atoms with Crippen LogP contribution in [0.25, 0.3) is 0 Å². The van der Waals surface area contributed by atoms with Gasteiger partial charge in [-0.25, -0.2) is 4.79 Å². The van der Waals surface area contributed by atoms with Gasteiger partial charge >= 0.3 is 5.97 Å². The van der Waals surface area contributed by atoms with Crippen molar-refractivity contribution < 1.29 is 24.2 Å². The van der Waals surface area contributed by atoms with E-state index in [9.17, 15) is 9.59 Å². The maximum atomic E-state index is 11.0. The van der Waals surface area contributed by atoms with Gasteiger partial charge in [0.1, 0.15) is 6.04 Å². The average Bonchev–Trinajstić information content (AvgIpc) is 2.74. The Bertz CT molecular complexity index is 485. The second-order valence-corrected chi connectivity index (χ2v) is 3.98. The molecule has 6 heteroatoms. The van der Waals surface area contributed by atoms with Crippen molar-refractivity contribution in [3.63, 3.8) is 0 Å². The topological polar surface area (TPSA) is 84.9 Å². The van der Waals surface area contributed by atoms with Gasteiger partial charge in [0, 0.05) is 13.3 Å². The van der Waals surface area contributed by atoms with Crippen LogP contribution in [0.4, 0.5) is 0 Å². The van der Waals surface area contributed by atoms with Gasteiger partial charge in [0.2, 0.25) is 12.7 Å². The minimum Gasteiger partial charge on any atom is -0.480 e. The summed E-state index contributed by atoms with van der Waals surface area (Å²) in [4.78, 5) is 21.9. The zero-order valence-corrected chi connectivity index (χ0v) is 9.80. The zero-order valence-electron chi connectivity index (χ0n) is 9.80. The molecule has 1 aliphatic heterocycles.